The molecule has 0 spiro atoms. The minimum Gasteiger partial charge on any atom is -0.469 e. The van der Waals surface area contributed by atoms with Gasteiger partial charge in [0, 0.05) is 18.4 Å². The van der Waals surface area contributed by atoms with E-state index in [9.17, 15) is 19.5 Å². The molecule has 4 unspecified atom stereocenters. The van der Waals surface area contributed by atoms with E-state index in [1.54, 1.807) is 13.0 Å². The third kappa shape index (κ3) is 4.27. The first-order chi connectivity index (χ1) is 13.4. The SMILES string of the molecule is CCCCCCCC(=O)C1C(=O)OC2C(=O)C=C3C=C(CC(C)O)OC=C3C21. The van der Waals surface area contributed by atoms with Crippen LogP contribution in [0.25, 0.3) is 0 Å². The highest BCUT2D eigenvalue weighted by Crippen LogP contribution is 2.44. The van der Waals surface area contributed by atoms with Crippen molar-refractivity contribution in [2.75, 3.05) is 0 Å². The number of hydrogen-bond donors (Lipinski definition) is 1. The fraction of sp³-hybridized carbons (Fsp3) is 0.591. The third-order valence-electron chi connectivity index (χ3n) is 5.48. The first kappa shape index (κ1) is 20.5. The molecule has 0 aromatic heterocycles. The number of fused-ring (bicyclic) bond motifs is 3. The minimum atomic E-state index is -0.953. The summed E-state index contributed by atoms with van der Waals surface area (Å²) in [4.78, 5) is 37.7. The first-order valence-corrected chi connectivity index (χ1v) is 10.2. The number of carbonyl (C=O) groups is 3. The lowest BCUT2D eigenvalue weighted by Gasteiger charge is -2.29. The number of carbonyl (C=O) groups excluding carboxylic acids is 3. The van der Waals surface area contributed by atoms with Gasteiger partial charge in [0.15, 0.2) is 11.9 Å². The first-order valence-electron chi connectivity index (χ1n) is 10.2. The van der Waals surface area contributed by atoms with E-state index in [0.717, 1.165) is 32.1 Å². The molecule has 1 N–H and O–H groups in total. The van der Waals surface area contributed by atoms with Gasteiger partial charge in [-0.3, -0.25) is 14.4 Å². The zero-order chi connectivity index (χ0) is 20.3. The second-order valence-electron chi connectivity index (χ2n) is 7.85. The van der Waals surface area contributed by atoms with Gasteiger partial charge in [-0.1, -0.05) is 32.6 Å². The van der Waals surface area contributed by atoms with Crippen LogP contribution < -0.4 is 0 Å². The number of aliphatic hydroxyl groups is 1. The van der Waals surface area contributed by atoms with Gasteiger partial charge in [0.25, 0.3) is 0 Å². The lowest BCUT2D eigenvalue weighted by Crippen LogP contribution is -2.36. The molecule has 0 aromatic carbocycles. The number of esters is 1. The van der Waals surface area contributed by atoms with Crippen LogP contribution >= 0.6 is 0 Å². The van der Waals surface area contributed by atoms with E-state index >= 15 is 0 Å². The number of allylic oxidation sites excluding steroid dienone is 2. The summed E-state index contributed by atoms with van der Waals surface area (Å²) in [6, 6.07) is 0. The monoisotopic (exact) mass is 388 g/mol. The summed E-state index contributed by atoms with van der Waals surface area (Å²) in [5, 5.41) is 9.55. The third-order valence-corrected chi connectivity index (χ3v) is 5.48. The normalized spacial score (nSPS) is 27.0. The maximum absolute atomic E-state index is 12.8. The van der Waals surface area contributed by atoms with Crippen molar-refractivity contribution in [2.24, 2.45) is 11.8 Å². The van der Waals surface area contributed by atoms with Crippen LogP contribution in [0.3, 0.4) is 0 Å². The molecule has 0 aromatic rings. The van der Waals surface area contributed by atoms with Gasteiger partial charge in [0.05, 0.1) is 18.3 Å². The number of unbranched alkanes of at least 4 members (excludes halogenated alkanes) is 4. The van der Waals surface area contributed by atoms with Crippen molar-refractivity contribution < 1.29 is 29.0 Å². The summed E-state index contributed by atoms with van der Waals surface area (Å²) >= 11 is 0. The van der Waals surface area contributed by atoms with Gasteiger partial charge in [-0.05, 0) is 31.1 Å². The smallest absolute Gasteiger partial charge is 0.318 e. The van der Waals surface area contributed by atoms with Gasteiger partial charge in [-0.25, -0.2) is 0 Å². The predicted octanol–water partition coefficient (Wildman–Crippen LogP) is 3.15. The second-order valence-corrected chi connectivity index (χ2v) is 7.85. The molecule has 1 fully saturated rings. The Morgan fingerprint density at radius 3 is 2.64 bits per heavy atom. The lowest BCUT2D eigenvalue weighted by molar-refractivity contribution is -0.149. The molecular formula is C22H28O6. The highest BCUT2D eigenvalue weighted by molar-refractivity contribution is 6.07. The average molecular weight is 388 g/mol. The number of aliphatic hydroxyl groups excluding tert-OH is 1. The van der Waals surface area contributed by atoms with Crippen LogP contribution in [-0.2, 0) is 23.9 Å². The quantitative estimate of drug-likeness (QED) is 0.371. The molecule has 1 aliphatic carbocycles. The summed E-state index contributed by atoms with van der Waals surface area (Å²) in [6.45, 7) is 3.78. The van der Waals surface area contributed by atoms with E-state index < -0.39 is 30.0 Å². The number of rotatable bonds is 9. The van der Waals surface area contributed by atoms with Gasteiger partial charge < -0.3 is 14.6 Å². The van der Waals surface area contributed by atoms with Crippen LogP contribution in [0.2, 0.25) is 0 Å². The summed E-state index contributed by atoms with van der Waals surface area (Å²) in [6.07, 6.45) is 8.77. The molecule has 2 heterocycles. The number of Topliss-reactive ketones (excluding diaryl/α,β-unsaturated/α-hetero) is 1. The number of ether oxygens (including phenoxy) is 2. The molecule has 0 bridgehead atoms. The van der Waals surface area contributed by atoms with E-state index in [1.165, 1.54) is 12.3 Å². The van der Waals surface area contributed by atoms with Crippen LogP contribution in [0.4, 0.5) is 0 Å². The zero-order valence-electron chi connectivity index (χ0n) is 16.5. The lowest BCUT2D eigenvalue weighted by atomic mass is 9.73. The van der Waals surface area contributed by atoms with Gasteiger partial charge in [0.2, 0.25) is 0 Å². The van der Waals surface area contributed by atoms with E-state index in [0.29, 0.717) is 29.7 Å². The zero-order valence-corrected chi connectivity index (χ0v) is 16.5. The van der Waals surface area contributed by atoms with Crippen LogP contribution in [0, 0.1) is 11.8 Å². The molecular weight excluding hydrogens is 360 g/mol. The van der Waals surface area contributed by atoms with E-state index in [1.807, 2.05) is 0 Å². The fourth-order valence-corrected chi connectivity index (χ4v) is 4.09. The molecule has 6 nitrogen and oxygen atoms in total. The molecule has 4 atom stereocenters. The molecule has 6 heteroatoms. The van der Waals surface area contributed by atoms with Gasteiger partial charge in [0.1, 0.15) is 17.5 Å². The summed E-state index contributed by atoms with van der Waals surface area (Å²) in [5.74, 6) is -2.13. The minimum absolute atomic E-state index is 0.164. The van der Waals surface area contributed by atoms with E-state index in [4.69, 9.17) is 9.47 Å². The van der Waals surface area contributed by atoms with Crippen molar-refractivity contribution in [2.45, 2.75) is 71.0 Å². The Morgan fingerprint density at radius 1 is 1.18 bits per heavy atom. The molecule has 3 rings (SSSR count). The number of ketones is 2. The molecule has 152 valence electrons. The number of hydrogen-bond acceptors (Lipinski definition) is 6. The molecule has 2 aliphatic heterocycles. The molecule has 1 saturated heterocycles. The standard InChI is InChI=1S/C22H28O6/c1-3-4-5-6-7-8-17(24)20-19-16-12-27-15(9-13(2)23)10-14(16)11-18(25)21(19)28-22(20)26/h10-13,19-21,23H,3-9H2,1-2H3. The van der Waals surface area contributed by atoms with Crippen LogP contribution in [-0.4, -0.2) is 34.9 Å². The van der Waals surface area contributed by atoms with Crippen molar-refractivity contribution in [3.63, 3.8) is 0 Å². The fourth-order valence-electron chi connectivity index (χ4n) is 4.09. The van der Waals surface area contributed by atoms with Crippen molar-refractivity contribution in [3.8, 4) is 0 Å². The van der Waals surface area contributed by atoms with Gasteiger partial charge >= 0.3 is 5.97 Å². The Morgan fingerprint density at radius 2 is 1.93 bits per heavy atom. The van der Waals surface area contributed by atoms with Crippen molar-refractivity contribution in [1.29, 1.82) is 0 Å². The maximum Gasteiger partial charge on any atom is 0.318 e. The summed E-state index contributed by atoms with van der Waals surface area (Å²) in [7, 11) is 0. The van der Waals surface area contributed by atoms with Crippen molar-refractivity contribution in [1.82, 2.24) is 0 Å². The Labute approximate surface area is 165 Å². The Balaban J connectivity index is 1.75. The Hall–Kier alpha value is -2.21. The molecule has 0 radical (unpaired) electrons. The Kier molecular flexibility index (Phi) is 6.50. The summed E-state index contributed by atoms with van der Waals surface area (Å²) < 4.78 is 10.9. The van der Waals surface area contributed by atoms with E-state index in [2.05, 4.69) is 6.92 Å². The van der Waals surface area contributed by atoms with Crippen LogP contribution in [0.15, 0.2) is 35.3 Å². The molecule has 0 saturated carbocycles. The molecule has 28 heavy (non-hydrogen) atoms. The Bertz CT molecular complexity index is 742. The van der Waals surface area contributed by atoms with E-state index in [-0.39, 0.29) is 11.6 Å². The highest BCUT2D eigenvalue weighted by Gasteiger charge is 2.54. The predicted molar refractivity (Wildman–Crippen MR) is 102 cm³/mol. The maximum atomic E-state index is 12.8. The highest BCUT2D eigenvalue weighted by atomic mass is 16.6. The topological polar surface area (TPSA) is 89.9 Å². The largest absolute Gasteiger partial charge is 0.469 e. The average Bonchev–Trinajstić information content (AvgIpc) is 2.98. The molecule has 0 amide bonds. The van der Waals surface area contributed by atoms with Crippen LogP contribution in [0.5, 0.6) is 0 Å². The second kappa shape index (κ2) is 8.86. The molecule has 3 aliphatic rings. The van der Waals surface area contributed by atoms with Gasteiger partial charge in [-0.15, -0.1) is 0 Å². The van der Waals surface area contributed by atoms with Gasteiger partial charge in [-0.2, -0.15) is 0 Å². The van der Waals surface area contributed by atoms with Crippen molar-refractivity contribution >= 4 is 17.5 Å². The summed E-state index contributed by atoms with van der Waals surface area (Å²) in [5.41, 5.74) is 1.28. The van der Waals surface area contributed by atoms with Crippen LogP contribution in [0.1, 0.15) is 58.8 Å². The van der Waals surface area contributed by atoms with Crippen molar-refractivity contribution in [3.05, 3.63) is 35.3 Å².